The Hall–Kier alpha value is -1.27. The molecular weight excluding hydrogens is 242 g/mol. The van der Waals surface area contributed by atoms with E-state index in [-0.39, 0.29) is 5.75 Å². The van der Waals surface area contributed by atoms with Crippen molar-refractivity contribution >= 4 is 15.8 Å². The molecule has 1 aromatic carbocycles. The lowest BCUT2D eigenvalue weighted by Gasteiger charge is -2.07. The van der Waals surface area contributed by atoms with E-state index in [1.165, 1.54) is 0 Å². The van der Waals surface area contributed by atoms with E-state index in [0.717, 1.165) is 5.56 Å². The minimum Gasteiger partial charge on any atom is -0.494 e. The van der Waals surface area contributed by atoms with Gasteiger partial charge in [-0.15, -0.1) is 0 Å². The lowest BCUT2D eigenvalue weighted by Crippen LogP contribution is -2.06. The van der Waals surface area contributed by atoms with Crippen molar-refractivity contribution in [2.24, 2.45) is 0 Å². The van der Waals surface area contributed by atoms with Gasteiger partial charge in [-0.25, -0.2) is 0 Å². The van der Waals surface area contributed by atoms with E-state index in [9.17, 15) is 8.42 Å². The molecule has 0 aliphatic rings. The zero-order valence-electron chi connectivity index (χ0n) is 9.72. The smallest absolute Gasteiger partial charge is 0.264 e. The first-order chi connectivity index (χ1) is 7.88. The second-order valence-electron chi connectivity index (χ2n) is 3.86. The van der Waals surface area contributed by atoms with Gasteiger partial charge in [-0.1, -0.05) is 6.07 Å². The summed E-state index contributed by atoms with van der Waals surface area (Å²) in [5.74, 6) is 0.437. The molecule has 0 radical (unpaired) electrons. The molecule has 17 heavy (non-hydrogen) atoms. The van der Waals surface area contributed by atoms with Gasteiger partial charge in [0, 0.05) is 11.8 Å². The van der Waals surface area contributed by atoms with Crippen LogP contribution in [0.2, 0.25) is 0 Å². The van der Waals surface area contributed by atoms with E-state index in [2.05, 4.69) is 0 Å². The molecule has 0 aliphatic heterocycles. The SMILES string of the molecule is Cc1ccc(OCCCCS(=O)(=O)O)cc1N. The molecule has 0 saturated heterocycles. The van der Waals surface area contributed by atoms with Crippen LogP contribution in [-0.4, -0.2) is 25.3 Å². The average molecular weight is 259 g/mol. The van der Waals surface area contributed by atoms with Gasteiger partial charge in [0.2, 0.25) is 0 Å². The van der Waals surface area contributed by atoms with Gasteiger partial charge in [-0.05, 0) is 31.4 Å². The predicted octanol–water partition coefficient (Wildman–Crippen LogP) is 1.62. The molecule has 0 bridgehead atoms. The number of nitrogen functional groups attached to an aromatic ring is 1. The Morgan fingerprint density at radius 2 is 2.06 bits per heavy atom. The minimum absolute atomic E-state index is 0.230. The summed E-state index contributed by atoms with van der Waals surface area (Å²) in [6.45, 7) is 2.31. The van der Waals surface area contributed by atoms with Gasteiger partial charge in [-0.3, -0.25) is 4.55 Å². The third-order valence-corrected chi connectivity index (χ3v) is 3.12. The van der Waals surface area contributed by atoms with Crippen LogP contribution in [0.25, 0.3) is 0 Å². The fourth-order valence-corrected chi connectivity index (χ4v) is 1.85. The van der Waals surface area contributed by atoms with Crippen LogP contribution in [0.4, 0.5) is 5.69 Å². The molecule has 0 fully saturated rings. The van der Waals surface area contributed by atoms with Crippen molar-refractivity contribution in [2.75, 3.05) is 18.1 Å². The maximum absolute atomic E-state index is 10.4. The predicted molar refractivity (Wildman–Crippen MR) is 66.7 cm³/mol. The summed E-state index contributed by atoms with van der Waals surface area (Å²) < 4.78 is 34.8. The van der Waals surface area contributed by atoms with Gasteiger partial charge in [0.05, 0.1) is 12.4 Å². The lowest BCUT2D eigenvalue weighted by atomic mass is 10.2. The van der Waals surface area contributed by atoms with Crippen molar-refractivity contribution < 1.29 is 17.7 Å². The fraction of sp³-hybridized carbons (Fsp3) is 0.455. The first kappa shape index (κ1) is 13.8. The van der Waals surface area contributed by atoms with E-state index in [4.69, 9.17) is 15.0 Å². The standard InChI is InChI=1S/C11H17NO4S/c1-9-4-5-10(8-11(9)12)16-6-2-3-7-17(13,14)15/h4-5,8H,2-3,6-7,12H2,1H3,(H,13,14,15). The second-order valence-corrected chi connectivity index (χ2v) is 5.43. The van der Waals surface area contributed by atoms with E-state index in [0.29, 0.717) is 30.9 Å². The van der Waals surface area contributed by atoms with Crippen LogP contribution >= 0.6 is 0 Å². The number of benzene rings is 1. The molecule has 96 valence electrons. The van der Waals surface area contributed by atoms with Gasteiger partial charge in [0.15, 0.2) is 0 Å². The summed E-state index contributed by atoms with van der Waals surface area (Å²) in [4.78, 5) is 0. The number of unbranched alkanes of at least 4 members (excludes halogenated alkanes) is 1. The van der Waals surface area contributed by atoms with E-state index in [1.807, 2.05) is 19.1 Å². The highest BCUT2D eigenvalue weighted by atomic mass is 32.2. The van der Waals surface area contributed by atoms with Crippen LogP contribution < -0.4 is 10.5 Å². The number of rotatable bonds is 6. The molecule has 1 aromatic rings. The largest absolute Gasteiger partial charge is 0.494 e. The molecule has 5 nitrogen and oxygen atoms in total. The zero-order chi connectivity index (χ0) is 12.9. The Balaban J connectivity index is 2.29. The average Bonchev–Trinajstić information content (AvgIpc) is 2.21. The van der Waals surface area contributed by atoms with Gasteiger partial charge in [0.25, 0.3) is 10.1 Å². The summed E-state index contributed by atoms with van der Waals surface area (Å²) in [6, 6.07) is 5.41. The topological polar surface area (TPSA) is 89.6 Å². The first-order valence-electron chi connectivity index (χ1n) is 5.32. The Kier molecular flexibility index (Phi) is 4.77. The molecule has 0 unspecified atom stereocenters. The molecule has 6 heteroatoms. The van der Waals surface area contributed by atoms with Gasteiger partial charge >= 0.3 is 0 Å². The van der Waals surface area contributed by atoms with Crippen molar-refractivity contribution in [3.05, 3.63) is 23.8 Å². The molecule has 1 rings (SSSR count). The normalized spacial score (nSPS) is 11.4. The van der Waals surface area contributed by atoms with E-state index < -0.39 is 10.1 Å². The van der Waals surface area contributed by atoms with Crippen LogP contribution in [0.5, 0.6) is 5.75 Å². The summed E-state index contributed by atoms with van der Waals surface area (Å²) >= 11 is 0. The van der Waals surface area contributed by atoms with Crippen LogP contribution in [-0.2, 0) is 10.1 Å². The number of aryl methyl sites for hydroxylation is 1. The monoisotopic (exact) mass is 259 g/mol. The molecule has 0 spiro atoms. The zero-order valence-corrected chi connectivity index (χ0v) is 10.5. The Morgan fingerprint density at radius 1 is 1.35 bits per heavy atom. The Labute approximate surface area is 101 Å². The summed E-state index contributed by atoms with van der Waals surface area (Å²) in [5, 5.41) is 0. The molecule has 0 atom stereocenters. The Bertz CT molecular complexity index is 470. The molecule has 0 amide bonds. The Morgan fingerprint density at radius 3 is 2.65 bits per heavy atom. The molecular formula is C11H17NO4S. The minimum atomic E-state index is -3.86. The maximum Gasteiger partial charge on any atom is 0.264 e. The van der Waals surface area contributed by atoms with Crippen LogP contribution in [0.3, 0.4) is 0 Å². The van der Waals surface area contributed by atoms with Gasteiger partial charge < -0.3 is 10.5 Å². The third kappa shape index (κ3) is 5.55. The van der Waals surface area contributed by atoms with Crippen molar-refractivity contribution in [2.45, 2.75) is 19.8 Å². The van der Waals surface area contributed by atoms with Gasteiger partial charge in [-0.2, -0.15) is 8.42 Å². The van der Waals surface area contributed by atoms with Crippen molar-refractivity contribution in [1.82, 2.24) is 0 Å². The third-order valence-electron chi connectivity index (χ3n) is 2.32. The van der Waals surface area contributed by atoms with Crippen molar-refractivity contribution in [3.63, 3.8) is 0 Å². The number of anilines is 1. The summed E-state index contributed by atoms with van der Waals surface area (Å²) in [6.07, 6.45) is 0.938. The molecule has 0 heterocycles. The van der Waals surface area contributed by atoms with Gasteiger partial charge in [0.1, 0.15) is 5.75 Å². The fourth-order valence-electron chi connectivity index (χ4n) is 1.28. The summed E-state index contributed by atoms with van der Waals surface area (Å²) in [5.41, 5.74) is 7.37. The first-order valence-corrected chi connectivity index (χ1v) is 6.93. The highest BCUT2D eigenvalue weighted by Gasteiger charge is 2.03. The van der Waals surface area contributed by atoms with Crippen LogP contribution in [0.15, 0.2) is 18.2 Å². The number of ether oxygens (including phenoxy) is 1. The molecule has 0 saturated carbocycles. The number of hydrogen-bond acceptors (Lipinski definition) is 4. The quantitative estimate of drug-likeness (QED) is 0.460. The summed E-state index contributed by atoms with van der Waals surface area (Å²) in [7, 11) is -3.86. The highest BCUT2D eigenvalue weighted by Crippen LogP contribution is 2.19. The van der Waals surface area contributed by atoms with Crippen molar-refractivity contribution in [1.29, 1.82) is 0 Å². The highest BCUT2D eigenvalue weighted by molar-refractivity contribution is 7.85. The van der Waals surface area contributed by atoms with Crippen LogP contribution in [0.1, 0.15) is 18.4 Å². The van der Waals surface area contributed by atoms with E-state index >= 15 is 0 Å². The molecule has 0 aliphatic carbocycles. The molecule has 3 N–H and O–H groups in total. The van der Waals surface area contributed by atoms with Crippen LogP contribution in [0, 0.1) is 6.92 Å². The number of nitrogens with two attached hydrogens (primary N) is 1. The lowest BCUT2D eigenvalue weighted by molar-refractivity contribution is 0.309. The maximum atomic E-state index is 10.4. The van der Waals surface area contributed by atoms with Crippen molar-refractivity contribution in [3.8, 4) is 5.75 Å². The van der Waals surface area contributed by atoms with E-state index in [1.54, 1.807) is 6.07 Å². The number of hydrogen-bond donors (Lipinski definition) is 2. The second kappa shape index (κ2) is 5.88. The molecule has 0 aromatic heterocycles.